The van der Waals surface area contributed by atoms with Crippen LogP contribution in [0.25, 0.3) is 11.1 Å². The van der Waals surface area contributed by atoms with Gasteiger partial charge in [-0.15, -0.1) is 0 Å². The Labute approximate surface area is 144 Å². The molecule has 1 aliphatic carbocycles. The molecular formula is C24H22. The van der Waals surface area contributed by atoms with Crippen molar-refractivity contribution in [1.82, 2.24) is 0 Å². The van der Waals surface area contributed by atoms with Crippen LogP contribution in [-0.4, -0.2) is 0 Å². The molecule has 0 aliphatic heterocycles. The van der Waals surface area contributed by atoms with Crippen molar-refractivity contribution in [3.63, 3.8) is 0 Å². The monoisotopic (exact) mass is 310 g/mol. The largest absolute Gasteiger partial charge is 0.0622 e. The van der Waals surface area contributed by atoms with Crippen LogP contribution in [0.15, 0.2) is 84.9 Å². The summed E-state index contributed by atoms with van der Waals surface area (Å²) in [5, 5.41) is 0. The third-order valence-corrected chi connectivity index (χ3v) is 5.25. The number of aryl methyl sites for hydroxylation is 1. The fraction of sp³-hybridized carbons (Fsp3) is 0.167. The molecule has 24 heavy (non-hydrogen) atoms. The third-order valence-electron chi connectivity index (χ3n) is 5.25. The Balaban J connectivity index is 1.90. The van der Waals surface area contributed by atoms with Crippen LogP contribution in [0.4, 0.5) is 0 Å². The first kappa shape index (κ1) is 15.0. The number of rotatable bonds is 4. The van der Waals surface area contributed by atoms with Crippen LogP contribution in [0.5, 0.6) is 0 Å². The molecule has 0 bridgehead atoms. The Kier molecular flexibility index (Phi) is 3.61. The lowest BCUT2D eigenvalue weighted by molar-refractivity contribution is 0.869. The lowest BCUT2D eigenvalue weighted by atomic mass is 9.83. The molecule has 0 unspecified atom stereocenters. The number of hydrogen-bond acceptors (Lipinski definition) is 0. The van der Waals surface area contributed by atoms with E-state index in [4.69, 9.17) is 0 Å². The van der Waals surface area contributed by atoms with Crippen LogP contribution in [0, 0.1) is 0 Å². The highest BCUT2D eigenvalue weighted by Gasteiger charge is 2.52. The minimum atomic E-state index is 0.00924. The van der Waals surface area contributed by atoms with E-state index in [0.29, 0.717) is 0 Å². The first-order chi connectivity index (χ1) is 11.8. The van der Waals surface area contributed by atoms with Gasteiger partial charge in [-0.1, -0.05) is 91.9 Å². The molecule has 118 valence electrons. The SMILES string of the molecule is CCc1ccccc1C1(C)C(c2ccccc2)=C1c1ccccc1. The summed E-state index contributed by atoms with van der Waals surface area (Å²) in [5.41, 5.74) is 8.51. The van der Waals surface area contributed by atoms with Gasteiger partial charge in [-0.2, -0.15) is 0 Å². The molecule has 0 heteroatoms. The lowest BCUT2D eigenvalue weighted by Gasteiger charge is -2.19. The van der Waals surface area contributed by atoms with Crippen LogP contribution >= 0.6 is 0 Å². The standard InChI is InChI=1S/C24H22/c1-3-18-12-10-11-17-21(18)24(2)22(19-13-6-4-7-14-19)23(24)20-15-8-5-9-16-20/h4-17H,3H2,1-2H3. The van der Waals surface area contributed by atoms with E-state index < -0.39 is 0 Å². The van der Waals surface area contributed by atoms with Crippen LogP contribution < -0.4 is 0 Å². The van der Waals surface area contributed by atoms with E-state index in [1.807, 2.05) is 0 Å². The summed E-state index contributed by atoms with van der Waals surface area (Å²) in [7, 11) is 0. The zero-order valence-electron chi connectivity index (χ0n) is 14.3. The predicted molar refractivity (Wildman–Crippen MR) is 103 cm³/mol. The minimum Gasteiger partial charge on any atom is -0.0622 e. The van der Waals surface area contributed by atoms with E-state index in [9.17, 15) is 0 Å². The van der Waals surface area contributed by atoms with Gasteiger partial charge in [-0.05, 0) is 46.7 Å². The maximum absolute atomic E-state index is 2.38. The van der Waals surface area contributed by atoms with Gasteiger partial charge in [-0.25, -0.2) is 0 Å². The minimum absolute atomic E-state index is 0.00924. The van der Waals surface area contributed by atoms with Gasteiger partial charge < -0.3 is 0 Å². The van der Waals surface area contributed by atoms with Crippen LogP contribution in [-0.2, 0) is 11.8 Å². The van der Waals surface area contributed by atoms with E-state index in [1.54, 1.807) is 0 Å². The highest BCUT2D eigenvalue weighted by molar-refractivity contribution is 6.18. The van der Waals surface area contributed by atoms with E-state index in [0.717, 1.165) is 6.42 Å². The Hall–Kier alpha value is -2.60. The molecule has 0 N–H and O–H groups in total. The molecule has 0 saturated carbocycles. The molecule has 3 aromatic carbocycles. The summed E-state index contributed by atoms with van der Waals surface area (Å²) in [6.07, 6.45) is 1.07. The summed E-state index contributed by atoms with van der Waals surface area (Å²) in [5.74, 6) is 0. The van der Waals surface area contributed by atoms with E-state index in [1.165, 1.54) is 33.4 Å². The molecule has 0 heterocycles. The van der Waals surface area contributed by atoms with E-state index in [2.05, 4.69) is 98.8 Å². The molecule has 0 atom stereocenters. The first-order valence-electron chi connectivity index (χ1n) is 8.71. The molecule has 0 aromatic heterocycles. The number of hydrogen-bond donors (Lipinski definition) is 0. The highest BCUT2D eigenvalue weighted by Crippen LogP contribution is 2.64. The van der Waals surface area contributed by atoms with Crippen molar-refractivity contribution in [3.05, 3.63) is 107 Å². The Morgan fingerprint density at radius 1 is 0.625 bits per heavy atom. The zero-order valence-corrected chi connectivity index (χ0v) is 14.3. The van der Waals surface area contributed by atoms with Crippen LogP contribution in [0.2, 0.25) is 0 Å². The zero-order chi connectivity index (χ0) is 16.6. The van der Waals surface area contributed by atoms with Crippen molar-refractivity contribution < 1.29 is 0 Å². The van der Waals surface area contributed by atoms with Crippen LogP contribution in [0.3, 0.4) is 0 Å². The Morgan fingerprint density at radius 3 is 1.58 bits per heavy atom. The summed E-state index contributed by atoms with van der Waals surface area (Å²) in [6, 6.07) is 30.5. The van der Waals surface area contributed by atoms with Crippen molar-refractivity contribution in [2.24, 2.45) is 0 Å². The summed E-state index contributed by atoms with van der Waals surface area (Å²) >= 11 is 0. The van der Waals surface area contributed by atoms with Crippen molar-refractivity contribution in [2.45, 2.75) is 25.7 Å². The summed E-state index contributed by atoms with van der Waals surface area (Å²) < 4.78 is 0. The van der Waals surface area contributed by atoms with Crippen molar-refractivity contribution in [3.8, 4) is 0 Å². The molecular weight excluding hydrogens is 288 g/mol. The fourth-order valence-electron chi connectivity index (χ4n) is 4.04. The lowest BCUT2D eigenvalue weighted by Crippen LogP contribution is -2.11. The maximum Gasteiger partial charge on any atom is 0.0444 e. The molecule has 4 rings (SSSR count). The smallest absolute Gasteiger partial charge is 0.0444 e. The normalized spacial score (nSPS) is 15.4. The second kappa shape index (κ2) is 5.79. The van der Waals surface area contributed by atoms with Gasteiger partial charge in [-0.3, -0.25) is 0 Å². The highest BCUT2D eigenvalue weighted by atomic mass is 14.5. The van der Waals surface area contributed by atoms with Crippen molar-refractivity contribution in [2.75, 3.05) is 0 Å². The van der Waals surface area contributed by atoms with Gasteiger partial charge in [0.25, 0.3) is 0 Å². The Morgan fingerprint density at radius 2 is 1.08 bits per heavy atom. The predicted octanol–water partition coefficient (Wildman–Crippen LogP) is 6.13. The van der Waals surface area contributed by atoms with E-state index >= 15 is 0 Å². The number of allylic oxidation sites excluding steroid dienone is 2. The molecule has 0 spiro atoms. The first-order valence-corrected chi connectivity index (χ1v) is 8.71. The van der Waals surface area contributed by atoms with E-state index in [-0.39, 0.29) is 5.41 Å². The third kappa shape index (κ3) is 2.22. The average molecular weight is 310 g/mol. The van der Waals surface area contributed by atoms with Crippen LogP contribution in [0.1, 0.15) is 36.1 Å². The second-order valence-electron chi connectivity index (χ2n) is 6.62. The molecule has 1 aliphatic rings. The van der Waals surface area contributed by atoms with Crippen molar-refractivity contribution in [1.29, 1.82) is 0 Å². The van der Waals surface area contributed by atoms with Crippen molar-refractivity contribution >= 4 is 11.1 Å². The average Bonchev–Trinajstić information content (AvgIpc) is 3.30. The maximum atomic E-state index is 2.38. The molecule has 0 amide bonds. The molecule has 0 nitrogen and oxygen atoms in total. The Bertz CT molecular complexity index is 836. The van der Waals surface area contributed by atoms with Gasteiger partial charge in [0, 0.05) is 5.41 Å². The summed E-state index contributed by atoms with van der Waals surface area (Å²) in [6.45, 7) is 4.63. The van der Waals surface area contributed by atoms with Gasteiger partial charge in [0.1, 0.15) is 0 Å². The van der Waals surface area contributed by atoms with Gasteiger partial charge in [0.2, 0.25) is 0 Å². The molecule has 0 radical (unpaired) electrons. The van der Waals surface area contributed by atoms with Gasteiger partial charge >= 0.3 is 0 Å². The fourth-order valence-corrected chi connectivity index (χ4v) is 4.04. The molecule has 0 saturated heterocycles. The topological polar surface area (TPSA) is 0 Å². The van der Waals surface area contributed by atoms with Gasteiger partial charge in [0.15, 0.2) is 0 Å². The number of benzene rings is 3. The summed E-state index contributed by atoms with van der Waals surface area (Å²) in [4.78, 5) is 0. The van der Waals surface area contributed by atoms with Gasteiger partial charge in [0.05, 0.1) is 0 Å². The second-order valence-corrected chi connectivity index (χ2v) is 6.62. The molecule has 3 aromatic rings. The molecule has 0 fully saturated rings. The quantitative estimate of drug-likeness (QED) is 0.543.